The maximum Gasteiger partial charge on any atom is 0.287 e. The number of alkyl halides is 2. The summed E-state index contributed by atoms with van der Waals surface area (Å²) >= 11 is 0. The normalized spacial score (nSPS) is 19.3. The van der Waals surface area contributed by atoms with Crippen LogP contribution in [-0.4, -0.2) is 28.7 Å². The second kappa shape index (κ2) is 8.74. The molecule has 2 aromatic carbocycles. The van der Waals surface area contributed by atoms with Crippen molar-refractivity contribution in [3.63, 3.8) is 0 Å². The van der Waals surface area contributed by atoms with E-state index in [2.05, 4.69) is 35.8 Å². The van der Waals surface area contributed by atoms with Gasteiger partial charge in [0.25, 0.3) is 5.91 Å². The second-order valence-electron chi connectivity index (χ2n) is 10.00. The Bertz CT molecular complexity index is 1360. The first kappa shape index (κ1) is 24.0. The number of halogens is 2. The van der Waals surface area contributed by atoms with Gasteiger partial charge in [-0.3, -0.25) is 10.2 Å². The van der Waals surface area contributed by atoms with Gasteiger partial charge >= 0.3 is 0 Å². The van der Waals surface area contributed by atoms with E-state index in [4.69, 9.17) is 9.83 Å². The summed E-state index contributed by atoms with van der Waals surface area (Å²) in [5, 5.41) is 24.5. The van der Waals surface area contributed by atoms with Crippen LogP contribution in [0.2, 0.25) is 0 Å². The van der Waals surface area contributed by atoms with Gasteiger partial charge in [0.15, 0.2) is 5.76 Å². The van der Waals surface area contributed by atoms with Gasteiger partial charge in [-0.1, -0.05) is 43.3 Å². The topological polar surface area (TPSA) is 102 Å². The highest BCUT2D eigenvalue weighted by Gasteiger charge is 2.51. The minimum Gasteiger partial charge on any atom is -0.451 e. The molecule has 0 bridgehead atoms. The lowest BCUT2D eigenvalue weighted by atomic mass is 9.78. The fourth-order valence-corrected chi connectivity index (χ4v) is 4.76. The Morgan fingerprint density at radius 1 is 1.00 bits per heavy atom. The second-order valence-corrected chi connectivity index (χ2v) is 10.00. The lowest BCUT2D eigenvalue weighted by Crippen LogP contribution is -2.62. The quantitative estimate of drug-likeness (QED) is 0.293. The van der Waals surface area contributed by atoms with Crippen LogP contribution < -0.4 is 10.6 Å². The Labute approximate surface area is 208 Å². The number of aryl methyl sites for hydroxylation is 1. The lowest BCUT2D eigenvalue weighted by molar-refractivity contribution is -0.0465. The van der Waals surface area contributed by atoms with Crippen LogP contribution in [0.5, 0.6) is 0 Å². The number of amidine groups is 1. The number of nitrogens with one attached hydrogen (secondary N) is 3. The molecule has 36 heavy (non-hydrogen) atoms. The van der Waals surface area contributed by atoms with Gasteiger partial charge in [-0.25, -0.2) is 8.78 Å². The molecule has 1 aromatic heterocycles. The number of carbonyl (C=O) groups is 1. The van der Waals surface area contributed by atoms with Gasteiger partial charge in [0.05, 0.1) is 11.6 Å². The fraction of sp³-hybridized carbons (Fsp3) is 0.393. The number of nitrogens with zero attached hydrogens (tertiary/aromatic N) is 1. The van der Waals surface area contributed by atoms with Crippen molar-refractivity contribution in [3.05, 3.63) is 59.9 Å². The van der Waals surface area contributed by atoms with Gasteiger partial charge in [0.1, 0.15) is 17.0 Å². The van der Waals surface area contributed by atoms with Crippen molar-refractivity contribution in [2.45, 2.75) is 68.9 Å². The Hall–Kier alpha value is -3.73. The van der Waals surface area contributed by atoms with Crippen LogP contribution in [-0.2, 0) is 6.42 Å². The van der Waals surface area contributed by atoms with Gasteiger partial charge in [0.2, 0.25) is 5.92 Å². The number of carbonyl (C=O) groups excluding carboxylic acids is 1. The van der Waals surface area contributed by atoms with E-state index < -0.39 is 35.7 Å². The van der Waals surface area contributed by atoms with Crippen LogP contribution in [0.4, 0.5) is 8.78 Å². The van der Waals surface area contributed by atoms with Gasteiger partial charge < -0.3 is 15.1 Å². The highest BCUT2D eigenvalue weighted by Crippen LogP contribution is 2.41. The van der Waals surface area contributed by atoms with E-state index >= 15 is 0 Å². The number of amides is 1. The molecule has 3 N–H and O–H groups in total. The van der Waals surface area contributed by atoms with Crippen molar-refractivity contribution >= 4 is 22.7 Å². The third kappa shape index (κ3) is 4.58. The van der Waals surface area contributed by atoms with Crippen molar-refractivity contribution in [2.75, 3.05) is 0 Å². The maximum atomic E-state index is 14.0. The number of hydrogen-bond donors (Lipinski definition) is 3. The zero-order valence-electron chi connectivity index (χ0n) is 20.1. The van der Waals surface area contributed by atoms with Crippen molar-refractivity contribution < 1.29 is 18.0 Å². The number of furan rings is 1. The molecular formula is C28H28F2N4O2. The van der Waals surface area contributed by atoms with Crippen molar-refractivity contribution in [2.24, 2.45) is 0 Å². The first-order valence-corrected chi connectivity index (χ1v) is 12.3. The van der Waals surface area contributed by atoms with Crippen LogP contribution in [0.15, 0.2) is 52.9 Å². The number of hydrogen-bond acceptors (Lipinski definition) is 4. The molecule has 1 heterocycles. The zero-order chi connectivity index (χ0) is 25.6. The molecule has 0 spiro atoms. The summed E-state index contributed by atoms with van der Waals surface area (Å²) in [6, 6.07) is 17.7. The summed E-state index contributed by atoms with van der Waals surface area (Å²) < 4.78 is 33.8. The molecule has 2 saturated carbocycles. The van der Waals surface area contributed by atoms with E-state index in [1.165, 1.54) is 5.56 Å². The summed E-state index contributed by atoms with van der Waals surface area (Å²) in [5.41, 5.74) is 1.61. The van der Waals surface area contributed by atoms with E-state index in [9.17, 15) is 18.8 Å². The van der Waals surface area contributed by atoms with Crippen LogP contribution in [0.1, 0.15) is 61.6 Å². The molecule has 2 aliphatic rings. The zero-order valence-corrected chi connectivity index (χ0v) is 20.1. The largest absolute Gasteiger partial charge is 0.451 e. The predicted octanol–water partition coefficient (Wildman–Crippen LogP) is 5.96. The highest BCUT2D eigenvalue weighted by atomic mass is 19.3. The third-order valence-electron chi connectivity index (χ3n) is 7.43. The molecule has 186 valence electrons. The molecule has 2 fully saturated rings. The van der Waals surface area contributed by atoms with E-state index in [-0.39, 0.29) is 24.4 Å². The molecule has 2 aliphatic carbocycles. The molecule has 0 aliphatic heterocycles. The van der Waals surface area contributed by atoms with Crippen LogP contribution >= 0.6 is 0 Å². The fourth-order valence-electron chi connectivity index (χ4n) is 4.76. The maximum absolute atomic E-state index is 14.0. The predicted molar refractivity (Wildman–Crippen MR) is 133 cm³/mol. The molecule has 0 saturated heterocycles. The smallest absolute Gasteiger partial charge is 0.287 e. The van der Waals surface area contributed by atoms with E-state index in [0.717, 1.165) is 22.9 Å². The third-order valence-corrected chi connectivity index (χ3v) is 7.43. The first-order valence-electron chi connectivity index (χ1n) is 12.3. The number of benzene rings is 2. The summed E-state index contributed by atoms with van der Waals surface area (Å²) in [7, 11) is 0. The van der Waals surface area contributed by atoms with Crippen molar-refractivity contribution in [3.8, 4) is 17.2 Å². The summed E-state index contributed by atoms with van der Waals surface area (Å²) in [6.07, 6.45) is 1.03. The molecule has 0 unspecified atom stereocenters. The van der Waals surface area contributed by atoms with E-state index in [1.54, 1.807) is 6.07 Å². The molecule has 3 aromatic rings. The minimum atomic E-state index is -2.84. The molecule has 1 amide bonds. The molecule has 0 atom stereocenters. The Morgan fingerprint density at radius 2 is 1.67 bits per heavy atom. The summed E-state index contributed by atoms with van der Waals surface area (Å²) in [4.78, 5) is 13.2. The van der Waals surface area contributed by atoms with Gasteiger partial charge in [-0.15, -0.1) is 0 Å². The number of nitriles is 1. The first-order chi connectivity index (χ1) is 17.2. The van der Waals surface area contributed by atoms with Crippen LogP contribution in [0.3, 0.4) is 0 Å². The molecular weight excluding hydrogens is 462 g/mol. The Balaban J connectivity index is 1.39. The summed E-state index contributed by atoms with van der Waals surface area (Å²) in [5.74, 6) is -3.46. The van der Waals surface area contributed by atoms with E-state index in [0.29, 0.717) is 18.4 Å². The van der Waals surface area contributed by atoms with Crippen LogP contribution in [0.25, 0.3) is 22.1 Å². The SMILES string of the molecule is CCc1ccc(-c2ccc3cc(C(=O)NC4(C(=N)NC5(C#N)CC5)CCC(F)(F)CC4)oc3c2)cc1. The van der Waals surface area contributed by atoms with E-state index in [1.807, 2.05) is 30.3 Å². The van der Waals surface area contributed by atoms with Gasteiger partial charge in [-0.2, -0.15) is 5.26 Å². The van der Waals surface area contributed by atoms with Crippen molar-refractivity contribution in [1.29, 1.82) is 10.7 Å². The van der Waals surface area contributed by atoms with Crippen LogP contribution in [0, 0.1) is 16.7 Å². The Morgan fingerprint density at radius 3 is 2.28 bits per heavy atom. The number of fused-ring (bicyclic) bond motifs is 1. The Kier molecular flexibility index (Phi) is 5.82. The van der Waals surface area contributed by atoms with Gasteiger partial charge in [0, 0.05) is 18.2 Å². The molecule has 6 nitrogen and oxygen atoms in total. The molecule has 5 rings (SSSR count). The molecule has 8 heteroatoms. The average molecular weight is 491 g/mol. The van der Waals surface area contributed by atoms with Gasteiger partial charge in [-0.05, 0) is 60.9 Å². The standard InChI is InChI=1S/C28H28F2N4O2/c1-2-18-3-5-19(6-4-18)20-7-8-21-16-23(36-22(21)15-20)24(35)33-27(11-13-28(29,30)14-12-27)25(32)34-26(17-31)9-10-26/h3-8,15-16H,2,9-14H2,1H3,(H2,32,34)(H,33,35). The minimum absolute atomic E-state index is 0.0504. The highest BCUT2D eigenvalue weighted by molar-refractivity contribution is 6.01. The lowest BCUT2D eigenvalue weighted by Gasteiger charge is -2.41. The summed E-state index contributed by atoms with van der Waals surface area (Å²) in [6.45, 7) is 2.10. The number of rotatable bonds is 6. The monoisotopic (exact) mass is 490 g/mol. The average Bonchev–Trinajstić information content (AvgIpc) is 3.52. The van der Waals surface area contributed by atoms with Crippen molar-refractivity contribution in [1.82, 2.24) is 10.6 Å². The molecule has 0 radical (unpaired) electrons.